The fourth-order valence-electron chi connectivity index (χ4n) is 6.32. The lowest BCUT2D eigenvalue weighted by atomic mass is 9.69. The smallest absolute Gasteiger partial charge is 0.123 e. The lowest BCUT2D eigenvalue weighted by molar-refractivity contribution is 0.288. The van der Waals surface area contributed by atoms with E-state index < -0.39 is 0 Å². The van der Waals surface area contributed by atoms with E-state index in [0.29, 0.717) is 30.3 Å². The van der Waals surface area contributed by atoms with Gasteiger partial charge in [0.05, 0.1) is 0 Å². The molecule has 0 amide bonds. The normalized spacial score (nSPS) is 15.3. The van der Waals surface area contributed by atoms with Gasteiger partial charge in [-0.3, -0.25) is 0 Å². The molecule has 0 atom stereocenters. The molecule has 0 heterocycles. The minimum Gasteiger partial charge on any atom is -0.507 e. The summed E-state index contributed by atoms with van der Waals surface area (Å²) in [4.78, 5) is 0. The second-order valence-corrected chi connectivity index (χ2v) is 13.2. The van der Waals surface area contributed by atoms with E-state index in [4.69, 9.17) is 0 Å². The van der Waals surface area contributed by atoms with Gasteiger partial charge in [-0.1, -0.05) is 85.1 Å². The molecule has 1 aliphatic carbocycles. The summed E-state index contributed by atoms with van der Waals surface area (Å²) >= 11 is 0. The van der Waals surface area contributed by atoms with Crippen LogP contribution in [0.1, 0.15) is 139 Å². The van der Waals surface area contributed by atoms with Gasteiger partial charge in [-0.05, 0) is 79.2 Å². The van der Waals surface area contributed by atoms with Gasteiger partial charge < -0.3 is 20.4 Å². The van der Waals surface area contributed by atoms with Crippen LogP contribution in [0, 0.1) is 5.92 Å². The van der Waals surface area contributed by atoms with Crippen LogP contribution in [-0.2, 0) is 23.7 Å². The average Bonchev–Trinajstić information content (AvgIpc) is 2.93. The number of rotatable bonds is 13. The Labute approximate surface area is 237 Å². The van der Waals surface area contributed by atoms with Crippen LogP contribution < -0.4 is 0 Å². The molecule has 4 N–H and O–H groups in total. The number of hydrogen-bond acceptors (Lipinski definition) is 4. The number of aliphatic hydroxyl groups is 2. The van der Waals surface area contributed by atoms with E-state index in [9.17, 15) is 20.4 Å². The maximum atomic E-state index is 12.0. The van der Waals surface area contributed by atoms with Crippen LogP contribution in [0.25, 0.3) is 0 Å². The molecule has 3 rings (SSSR count). The standard InChI is InChI=1S/C35H54O4/c1-7-34(3,4)29-22-24(14-12-18-36)20-27(32(29)38)31(26-16-10-9-11-17-26)28-21-25(15-13-19-37)23-30(33(28)39)35(5,6)8-2/h20-23,26,31,36-39H,7-19H2,1-6H3. The zero-order valence-electron chi connectivity index (χ0n) is 25.4. The van der Waals surface area contributed by atoms with Gasteiger partial charge >= 0.3 is 0 Å². The molecule has 1 aliphatic rings. The molecular weight excluding hydrogens is 484 g/mol. The molecule has 0 aromatic heterocycles. The monoisotopic (exact) mass is 538 g/mol. The molecule has 0 bridgehead atoms. The Morgan fingerprint density at radius 1 is 0.692 bits per heavy atom. The number of aryl methyl sites for hydroxylation is 2. The third-order valence-corrected chi connectivity index (χ3v) is 9.66. The maximum absolute atomic E-state index is 12.0. The van der Waals surface area contributed by atoms with Crippen LogP contribution in [0.15, 0.2) is 24.3 Å². The van der Waals surface area contributed by atoms with Crippen LogP contribution in [0.5, 0.6) is 11.5 Å². The minimum absolute atomic E-state index is 0.119. The van der Waals surface area contributed by atoms with E-state index in [1.165, 1.54) is 6.42 Å². The Morgan fingerprint density at radius 2 is 1.10 bits per heavy atom. The molecule has 39 heavy (non-hydrogen) atoms. The first kappa shape index (κ1) is 31.5. The van der Waals surface area contributed by atoms with Crippen molar-refractivity contribution in [3.05, 3.63) is 57.6 Å². The van der Waals surface area contributed by atoms with Crippen molar-refractivity contribution in [3.63, 3.8) is 0 Å². The van der Waals surface area contributed by atoms with Crippen LogP contribution in [0.2, 0.25) is 0 Å². The van der Waals surface area contributed by atoms with Gasteiger partial charge in [0.25, 0.3) is 0 Å². The highest BCUT2D eigenvalue weighted by molar-refractivity contribution is 5.57. The molecular formula is C35H54O4. The van der Waals surface area contributed by atoms with Crippen molar-refractivity contribution >= 4 is 0 Å². The van der Waals surface area contributed by atoms with Gasteiger partial charge in [0, 0.05) is 41.4 Å². The first-order valence-electron chi connectivity index (χ1n) is 15.4. The summed E-state index contributed by atoms with van der Waals surface area (Å²) in [6.07, 6.45) is 10.4. The van der Waals surface area contributed by atoms with Gasteiger partial charge in [-0.15, -0.1) is 0 Å². The summed E-state index contributed by atoms with van der Waals surface area (Å²) in [6.45, 7) is 13.3. The number of phenolic OH excluding ortho intramolecular Hbond substituents is 2. The first-order valence-corrected chi connectivity index (χ1v) is 15.4. The molecule has 0 unspecified atom stereocenters. The maximum Gasteiger partial charge on any atom is 0.123 e. The Kier molecular flexibility index (Phi) is 10.9. The molecule has 1 saturated carbocycles. The van der Waals surface area contributed by atoms with Gasteiger partial charge in [-0.2, -0.15) is 0 Å². The van der Waals surface area contributed by atoms with Crippen LogP contribution >= 0.6 is 0 Å². The molecule has 0 aliphatic heterocycles. The van der Waals surface area contributed by atoms with Crippen molar-refractivity contribution in [3.8, 4) is 11.5 Å². The molecule has 0 radical (unpaired) electrons. The predicted octanol–water partition coefficient (Wildman–Crippen LogP) is 8.04. The predicted molar refractivity (Wildman–Crippen MR) is 162 cm³/mol. The summed E-state index contributed by atoms with van der Waals surface area (Å²) < 4.78 is 0. The number of aromatic hydroxyl groups is 2. The second kappa shape index (κ2) is 13.5. The van der Waals surface area contributed by atoms with E-state index in [-0.39, 0.29) is 30.0 Å². The lowest BCUT2D eigenvalue weighted by Crippen LogP contribution is -2.23. The number of benzene rings is 2. The molecule has 0 saturated heterocycles. The summed E-state index contributed by atoms with van der Waals surface area (Å²) in [7, 11) is 0. The van der Waals surface area contributed by atoms with Crippen molar-refractivity contribution in [1.29, 1.82) is 0 Å². The highest BCUT2D eigenvalue weighted by Crippen LogP contribution is 2.51. The van der Waals surface area contributed by atoms with Crippen molar-refractivity contribution in [2.45, 2.75) is 129 Å². The Morgan fingerprint density at radius 3 is 1.46 bits per heavy atom. The zero-order valence-corrected chi connectivity index (χ0v) is 25.4. The molecule has 218 valence electrons. The second-order valence-electron chi connectivity index (χ2n) is 13.2. The summed E-state index contributed by atoms with van der Waals surface area (Å²) in [6, 6.07) is 8.59. The summed E-state index contributed by atoms with van der Waals surface area (Å²) in [5.41, 5.74) is 5.63. The van der Waals surface area contributed by atoms with Crippen LogP contribution in [-0.4, -0.2) is 33.6 Å². The highest BCUT2D eigenvalue weighted by atomic mass is 16.3. The van der Waals surface area contributed by atoms with E-state index in [0.717, 1.165) is 84.7 Å². The van der Waals surface area contributed by atoms with Crippen molar-refractivity contribution in [2.75, 3.05) is 13.2 Å². The Bertz CT molecular complexity index is 1000. The quantitative estimate of drug-likeness (QED) is 0.208. The average molecular weight is 539 g/mol. The molecule has 2 aromatic rings. The van der Waals surface area contributed by atoms with Crippen molar-refractivity contribution in [2.24, 2.45) is 5.92 Å². The Hall–Kier alpha value is -2.04. The Balaban J connectivity index is 2.35. The van der Waals surface area contributed by atoms with E-state index in [2.05, 4.69) is 65.8 Å². The minimum atomic E-state index is -0.203. The van der Waals surface area contributed by atoms with Gasteiger partial charge in [0.1, 0.15) is 11.5 Å². The van der Waals surface area contributed by atoms with Gasteiger partial charge in [0.2, 0.25) is 0 Å². The van der Waals surface area contributed by atoms with Gasteiger partial charge in [0.15, 0.2) is 0 Å². The fraction of sp³-hybridized carbons (Fsp3) is 0.657. The topological polar surface area (TPSA) is 80.9 Å². The van der Waals surface area contributed by atoms with E-state index >= 15 is 0 Å². The first-order chi connectivity index (χ1) is 18.5. The highest BCUT2D eigenvalue weighted by Gasteiger charge is 2.35. The largest absolute Gasteiger partial charge is 0.507 e. The van der Waals surface area contributed by atoms with Crippen molar-refractivity contribution in [1.82, 2.24) is 0 Å². The van der Waals surface area contributed by atoms with Gasteiger partial charge in [-0.25, -0.2) is 0 Å². The SMILES string of the molecule is CCC(C)(C)c1cc(CCCO)cc(C(c2cc(CCCO)cc(C(C)(C)CC)c2O)C2CCCCC2)c1O. The van der Waals surface area contributed by atoms with Crippen LogP contribution in [0.3, 0.4) is 0 Å². The number of phenols is 2. The summed E-state index contributed by atoms with van der Waals surface area (Å²) in [5.74, 6) is 0.932. The molecule has 0 spiro atoms. The molecule has 4 heteroatoms. The third-order valence-electron chi connectivity index (χ3n) is 9.66. The number of aliphatic hydroxyl groups excluding tert-OH is 2. The van der Waals surface area contributed by atoms with E-state index in [1.807, 2.05) is 0 Å². The third kappa shape index (κ3) is 7.19. The molecule has 2 aromatic carbocycles. The zero-order chi connectivity index (χ0) is 28.8. The fourth-order valence-corrected chi connectivity index (χ4v) is 6.32. The lowest BCUT2D eigenvalue weighted by Gasteiger charge is -2.36. The molecule has 4 nitrogen and oxygen atoms in total. The van der Waals surface area contributed by atoms with E-state index in [1.54, 1.807) is 0 Å². The number of hydrogen-bond donors (Lipinski definition) is 4. The van der Waals surface area contributed by atoms with Crippen molar-refractivity contribution < 1.29 is 20.4 Å². The summed E-state index contributed by atoms with van der Waals surface area (Å²) in [5, 5.41) is 43.1. The molecule has 1 fully saturated rings. The van der Waals surface area contributed by atoms with Crippen LogP contribution in [0.4, 0.5) is 0 Å².